The second-order valence-corrected chi connectivity index (χ2v) is 6.78. The van der Waals surface area contributed by atoms with Crippen molar-refractivity contribution in [3.63, 3.8) is 0 Å². The summed E-state index contributed by atoms with van der Waals surface area (Å²) in [6, 6.07) is 10.9. The smallest absolute Gasteiger partial charge is 0.272 e. The predicted octanol–water partition coefficient (Wildman–Crippen LogP) is 3.75. The molecule has 0 atom stereocenters. The third-order valence-electron chi connectivity index (χ3n) is 4.77. The van der Waals surface area contributed by atoms with Gasteiger partial charge < -0.3 is 5.32 Å². The number of nitrogens with zero attached hydrogens (tertiary/aromatic N) is 2. The molecule has 6 heteroatoms. The Morgan fingerprint density at radius 3 is 2.59 bits per heavy atom. The van der Waals surface area contributed by atoms with Gasteiger partial charge in [0.25, 0.3) is 5.91 Å². The first-order valence-electron chi connectivity index (χ1n) is 9.29. The molecule has 2 amide bonds. The lowest BCUT2D eigenvalue weighted by Crippen LogP contribution is -2.24. The molecule has 6 nitrogen and oxygen atoms in total. The number of nitrogens with one attached hydrogen (secondary N) is 2. The van der Waals surface area contributed by atoms with Gasteiger partial charge in [-0.1, -0.05) is 31.4 Å². The summed E-state index contributed by atoms with van der Waals surface area (Å²) in [5.74, 6) is -0.119. The third kappa shape index (κ3) is 5.23. The average Bonchev–Trinajstić information content (AvgIpc) is 2.73. The number of benzene rings is 1. The molecule has 1 aromatic heterocycles. The van der Waals surface area contributed by atoms with E-state index in [1.807, 2.05) is 31.2 Å². The lowest BCUT2D eigenvalue weighted by Gasteiger charge is -2.20. The van der Waals surface area contributed by atoms with E-state index in [0.717, 1.165) is 36.9 Å². The minimum atomic E-state index is -0.316. The molecule has 0 radical (unpaired) electrons. The summed E-state index contributed by atoms with van der Waals surface area (Å²) in [5.41, 5.74) is 5.21. The summed E-state index contributed by atoms with van der Waals surface area (Å²) in [5, 5.41) is 7.17. The van der Waals surface area contributed by atoms with Crippen molar-refractivity contribution < 1.29 is 9.59 Å². The normalized spacial score (nSPS) is 15.2. The highest BCUT2D eigenvalue weighted by molar-refractivity contribution is 6.02. The van der Waals surface area contributed by atoms with Gasteiger partial charge in [-0.25, -0.2) is 5.43 Å². The van der Waals surface area contributed by atoms with Crippen LogP contribution in [0.2, 0.25) is 0 Å². The molecule has 140 valence electrons. The molecular weight excluding hydrogens is 340 g/mol. The van der Waals surface area contributed by atoms with Crippen molar-refractivity contribution in [3.8, 4) is 0 Å². The van der Waals surface area contributed by atoms with Crippen LogP contribution in [0.4, 0.5) is 5.69 Å². The van der Waals surface area contributed by atoms with Crippen molar-refractivity contribution in [1.82, 2.24) is 10.4 Å². The minimum absolute atomic E-state index is 0.0892. The molecule has 1 fully saturated rings. The number of hydrogen-bond acceptors (Lipinski definition) is 4. The number of anilines is 1. The minimum Gasteiger partial charge on any atom is -0.326 e. The van der Waals surface area contributed by atoms with E-state index in [9.17, 15) is 9.59 Å². The van der Waals surface area contributed by atoms with Crippen LogP contribution in [-0.2, 0) is 4.79 Å². The van der Waals surface area contributed by atoms with Gasteiger partial charge in [0.2, 0.25) is 5.91 Å². The largest absolute Gasteiger partial charge is 0.326 e. The summed E-state index contributed by atoms with van der Waals surface area (Å²) < 4.78 is 0. The van der Waals surface area contributed by atoms with Crippen LogP contribution in [0.25, 0.3) is 0 Å². The molecule has 1 aliphatic carbocycles. The fourth-order valence-corrected chi connectivity index (χ4v) is 3.19. The standard InChI is InChI=1S/C21H24N4O2/c1-15(24-25-21(27)18-10-6-12-22-14-18)17-9-5-11-19(13-17)23-20(26)16-7-3-2-4-8-16/h5-6,9-14,16H,2-4,7-8H2,1H3,(H,23,26)(H,25,27)/b24-15-. The maximum atomic E-state index is 12.4. The molecule has 0 bridgehead atoms. The molecule has 27 heavy (non-hydrogen) atoms. The fraction of sp³-hybridized carbons (Fsp3) is 0.333. The number of rotatable bonds is 5. The lowest BCUT2D eigenvalue weighted by molar-refractivity contribution is -0.120. The van der Waals surface area contributed by atoms with Crippen LogP contribution in [0.5, 0.6) is 0 Å². The first kappa shape index (κ1) is 18.8. The number of carbonyl (C=O) groups excluding carboxylic acids is 2. The number of hydrogen-bond donors (Lipinski definition) is 2. The molecule has 1 heterocycles. The van der Waals surface area contributed by atoms with Crippen LogP contribution in [0.3, 0.4) is 0 Å². The third-order valence-corrected chi connectivity index (χ3v) is 4.77. The quantitative estimate of drug-likeness (QED) is 0.626. The molecule has 1 aromatic carbocycles. The summed E-state index contributed by atoms with van der Waals surface area (Å²) in [6.45, 7) is 1.81. The molecule has 3 rings (SSSR count). The molecule has 0 saturated heterocycles. The Labute approximate surface area is 159 Å². The van der Waals surface area contributed by atoms with Crippen LogP contribution in [0, 0.1) is 5.92 Å². The summed E-state index contributed by atoms with van der Waals surface area (Å²) in [6.07, 6.45) is 8.50. The second-order valence-electron chi connectivity index (χ2n) is 6.78. The van der Waals surface area contributed by atoms with Gasteiger partial charge in [-0.2, -0.15) is 5.10 Å². The molecule has 0 unspecified atom stereocenters. The predicted molar refractivity (Wildman–Crippen MR) is 106 cm³/mol. The van der Waals surface area contributed by atoms with Crippen molar-refractivity contribution in [2.45, 2.75) is 39.0 Å². The van der Waals surface area contributed by atoms with Crippen molar-refractivity contribution >= 4 is 23.2 Å². The zero-order chi connectivity index (χ0) is 19.1. The number of pyridine rings is 1. The average molecular weight is 364 g/mol. The zero-order valence-electron chi connectivity index (χ0n) is 15.4. The van der Waals surface area contributed by atoms with Crippen molar-refractivity contribution in [3.05, 3.63) is 59.9 Å². The molecule has 1 aliphatic rings. The maximum absolute atomic E-state index is 12.4. The molecule has 0 spiro atoms. The Bertz CT molecular complexity index is 827. The Kier molecular flexibility index (Phi) is 6.30. The molecular formula is C21H24N4O2. The van der Waals surface area contributed by atoms with E-state index in [1.54, 1.807) is 18.3 Å². The van der Waals surface area contributed by atoms with E-state index in [1.165, 1.54) is 12.6 Å². The van der Waals surface area contributed by atoms with Crippen LogP contribution < -0.4 is 10.7 Å². The van der Waals surface area contributed by atoms with Gasteiger partial charge in [-0.3, -0.25) is 14.6 Å². The molecule has 0 aliphatic heterocycles. The Morgan fingerprint density at radius 1 is 1.07 bits per heavy atom. The lowest BCUT2D eigenvalue weighted by atomic mass is 9.88. The van der Waals surface area contributed by atoms with Gasteiger partial charge in [0, 0.05) is 24.0 Å². The summed E-state index contributed by atoms with van der Waals surface area (Å²) in [4.78, 5) is 28.4. The van der Waals surface area contributed by atoms with Crippen LogP contribution in [0.15, 0.2) is 53.9 Å². The van der Waals surface area contributed by atoms with Gasteiger partial charge in [0.05, 0.1) is 11.3 Å². The topological polar surface area (TPSA) is 83.4 Å². The van der Waals surface area contributed by atoms with Crippen LogP contribution in [0.1, 0.15) is 54.9 Å². The SMILES string of the molecule is C/C(=N/NC(=O)c1cccnc1)c1cccc(NC(=O)C2CCCCC2)c1. The molecule has 2 N–H and O–H groups in total. The Hall–Kier alpha value is -3.02. The van der Waals surface area contributed by atoms with Gasteiger partial charge >= 0.3 is 0 Å². The maximum Gasteiger partial charge on any atom is 0.272 e. The number of amides is 2. The summed E-state index contributed by atoms with van der Waals surface area (Å²) in [7, 11) is 0. The van der Waals surface area contributed by atoms with E-state index < -0.39 is 0 Å². The highest BCUT2D eigenvalue weighted by Gasteiger charge is 2.21. The zero-order valence-corrected chi connectivity index (χ0v) is 15.4. The van der Waals surface area contributed by atoms with Crippen LogP contribution >= 0.6 is 0 Å². The first-order valence-corrected chi connectivity index (χ1v) is 9.29. The van der Waals surface area contributed by atoms with E-state index in [4.69, 9.17) is 0 Å². The number of carbonyl (C=O) groups is 2. The van der Waals surface area contributed by atoms with Gasteiger partial charge in [-0.15, -0.1) is 0 Å². The monoisotopic (exact) mass is 364 g/mol. The van der Waals surface area contributed by atoms with E-state index in [0.29, 0.717) is 11.3 Å². The Morgan fingerprint density at radius 2 is 1.85 bits per heavy atom. The molecule has 1 saturated carbocycles. The second kappa shape index (κ2) is 9.07. The molecule has 2 aromatic rings. The number of aromatic nitrogens is 1. The van der Waals surface area contributed by atoms with Gasteiger partial charge in [-0.05, 0) is 49.6 Å². The Balaban J connectivity index is 1.63. The van der Waals surface area contributed by atoms with Crippen molar-refractivity contribution in [2.24, 2.45) is 11.0 Å². The van der Waals surface area contributed by atoms with Crippen molar-refractivity contribution in [1.29, 1.82) is 0 Å². The summed E-state index contributed by atoms with van der Waals surface area (Å²) >= 11 is 0. The van der Waals surface area contributed by atoms with Gasteiger partial charge in [0.15, 0.2) is 0 Å². The van der Waals surface area contributed by atoms with E-state index in [2.05, 4.69) is 20.8 Å². The van der Waals surface area contributed by atoms with Gasteiger partial charge in [0.1, 0.15) is 0 Å². The first-order chi connectivity index (χ1) is 13.1. The van der Waals surface area contributed by atoms with E-state index >= 15 is 0 Å². The highest BCUT2D eigenvalue weighted by Crippen LogP contribution is 2.25. The van der Waals surface area contributed by atoms with Crippen molar-refractivity contribution in [2.75, 3.05) is 5.32 Å². The van der Waals surface area contributed by atoms with E-state index in [-0.39, 0.29) is 17.7 Å². The van der Waals surface area contributed by atoms with Crippen LogP contribution in [-0.4, -0.2) is 22.5 Å². The number of hydrazone groups is 1. The fourth-order valence-electron chi connectivity index (χ4n) is 3.19. The highest BCUT2D eigenvalue weighted by atomic mass is 16.2.